The second-order valence-corrected chi connectivity index (χ2v) is 4.95. The van der Waals surface area contributed by atoms with Gasteiger partial charge in [-0.3, -0.25) is 4.79 Å². The second-order valence-electron chi connectivity index (χ2n) is 4.01. The van der Waals surface area contributed by atoms with Crippen LogP contribution < -0.4 is 11.2 Å². The highest BCUT2D eigenvalue weighted by Crippen LogP contribution is 2.18. The van der Waals surface area contributed by atoms with Crippen molar-refractivity contribution in [1.29, 1.82) is 0 Å². The molecule has 0 spiro atoms. The van der Waals surface area contributed by atoms with Crippen LogP contribution in [0.2, 0.25) is 0 Å². The Morgan fingerprint density at radius 3 is 2.95 bits per heavy atom. The molecule has 0 saturated heterocycles. The number of thioether (sulfide) groups is 1. The van der Waals surface area contributed by atoms with Gasteiger partial charge in [-0.1, -0.05) is 24.8 Å². The number of carbonyl (C=O) groups is 1. The molecule has 0 atom stereocenters. The van der Waals surface area contributed by atoms with Gasteiger partial charge >= 0.3 is 0 Å². The maximum atomic E-state index is 11.8. The summed E-state index contributed by atoms with van der Waals surface area (Å²) in [4.78, 5) is 11.8. The molecule has 8 heteroatoms. The lowest BCUT2D eigenvalue weighted by Crippen LogP contribution is -2.17. The second kappa shape index (κ2) is 6.29. The van der Waals surface area contributed by atoms with Crippen molar-refractivity contribution in [1.82, 2.24) is 14.9 Å². The van der Waals surface area contributed by atoms with E-state index in [4.69, 9.17) is 5.84 Å². The largest absolute Gasteiger partial charge is 0.508 e. The molecule has 106 valence electrons. The van der Waals surface area contributed by atoms with E-state index in [2.05, 4.69) is 15.5 Å². The lowest BCUT2D eigenvalue weighted by Gasteiger charge is -2.05. The number of phenolic OH excluding ortho intramolecular Hbond substituents is 1. The Bertz CT molecular complexity index is 614. The SMILES string of the molecule is CCc1nnc(SCC(=O)Nc2cccc(O)c2)n1N. The zero-order valence-corrected chi connectivity index (χ0v) is 11.7. The first kappa shape index (κ1) is 14.2. The highest BCUT2D eigenvalue weighted by molar-refractivity contribution is 7.99. The molecule has 0 radical (unpaired) electrons. The summed E-state index contributed by atoms with van der Waals surface area (Å²) in [5, 5.41) is 20.3. The summed E-state index contributed by atoms with van der Waals surface area (Å²) >= 11 is 1.20. The van der Waals surface area contributed by atoms with Crippen LogP contribution in [0.4, 0.5) is 5.69 Å². The Morgan fingerprint density at radius 2 is 2.30 bits per heavy atom. The molecule has 20 heavy (non-hydrogen) atoms. The minimum atomic E-state index is -0.207. The molecule has 1 amide bonds. The average molecular weight is 293 g/mol. The van der Waals surface area contributed by atoms with Gasteiger partial charge in [0, 0.05) is 18.2 Å². The monoisotopic (exact) mass is 293 g/mol. The number of benzene rings is 1. The highest BCUT2D eigenvalue weighted by Gasteiger charge is 2.11. The van der Waals surface area contributed by atoms with Crippen molar-refractivity contribution in [2.24, 2.45) is 0 Å². The van der Waals surface area contributed by atoms with E-state index in [1.807, 2.05) is 6.92 Å². The first-order valence-corrected chi connectivity index (χ1v) is 6.99. The summed E-state index contributed by atoms with van der Waals surface area (Å²) in [5.41, 5.74) is 0.541. The number of hydrogen-bond acceptors (Lipinski definition) is 6. The van der Waals surface area contributed by atoms with Crippen molar-refractivity contribution < 1.29 is 9.90 Å². The molecule has 0 aliphatic carbocycles. The highest BCUT2D eigenvalue weighted by atomic mass is 32.2. The maximum Gasteiger partial charge on any atom is 0.234 e. The third-order valence-corrected chi connectivity index (χ3v) is 3.46. The molecule has 1 aromatic heterocycles. The Morgan fingerprint density at radius 1 is 1.50 bits per heavy atom. The van der Waals surface area contributed by atoms with Crippen LogP contribution in [-0.4, -0.2) is 31.6 Å². The fourth-order valence-corrected chi connectivity index (χ4v) is 2.23. The van der Waals surface area contributed by atoms with Crippen molar-refractivity contribution in [2.75, 3.05) is 16.9 Å². The minimum absolute atomic E-state index is 0.102. The van der Waals surface area contributed by atoms with Gasteiger partial charge in [0.05, 0.1) is 5.75 Å². The first-order chi connectivity index (χ1) is 9.60. The van der Waals surface area contributed by atoms with Crippen LogP contribution >= 0.6 is 11.8 Å². The number of nitrogens with zero attached hydrogens (tertiary/aromatic N) is 3. The quantitative estimate of drug-likeness (QED) is 0.561. The maximum absolute atomic E-state index is 11.8. The number of aromatic nitrogens is 3. The molecule has 0 fully saturated rings. The van der Waals surface area contributed by atoms with Crippen molar-refractivity contribution in [2.45, 2.75) is 18.5 Å². The van der Waals surface area contributed by atoms with Gasteiger partial charge in [0.1, 0.15) is 5.75 Å². The third kappa shape index (κ3) is 3.41. The Hall–Kier alpha value is -2.22. The molecule has 0 unspecified atom stereocenters. The lowest BCUT2D eigenvalue weighted by molar-refractivity contribution is -0.113. The summed E-state index contributed by atoms with van der Waals surface area (Å²) < 4.78 is 1.38. The zero-order valence-electron chi connectivity index (χ0n) is 10.9. The fraction of sp³-hybridized carbons (Fsp3) is 0.250. The van der Waals surface area contributed by atoms with Crippen molar-refractivity contribution >= 4 is 23.4 Å². The number of anilines is 1. The van der Waals surface area contributed by atoms with Gasteiger partial charge in [-0.25, -0.2) is 4.68 Å². The predicted molar refractivity (Wildman–Crippen MR) is 77.0 cm³/mol. The Kier molecular flexibility index (Phi) is 4.46. The molecule has 1 aromatic carbocycles. The molecular weight excluding hydrogens is 278 g/mol. The van der Waals surface area contributed by atoms with E-state index in [0.29, 0.717) is 23.1 Å². The molecule has 0 aliphatic heterocycles. The van der Waals surface area contributed by atoms with Gasteiger partial charge in [-0.2, -0.15) is 0 Å². The van der Waals surface area contributed by atoms with Crippen molar-refractivity contribution in [3.8, 4) is 5.75 Å². The number of amides is 1. The van der Waals surface area contributed by atoms with Crippen LogP contribution in [0.1, 0.15) is 12.7 Å². The van der Waals surface area contributed by atoms with Crippen LogP contribution in [0.3, 0.4) is 0 Å². The smallest absolute Gasteiger partial charge is 0.234 e. The van der Waals surface area contributed by atoms with Gasteiger partial charge in [0.25, 0.3) is 0 Å². The van der Waals surface area contributed by atoms with Gasteiger partial charge in [0.2, 0.25) is 11.1 Å². The molecule has 0 saturated carbocycles. The molecule has 0 bridgehead atoms. The summed E-state index contributed by atoms with van der Waals surface area (Å²) in [6, 6.07) is 6.36. The Balaban J connectivity index is 1.90. The number of nitrogens with two attached hydrogens (primary N) is 1. The molecule has 0 aliphatic rings. The number of nitrogen functional groups attached to an aromatic ring is 1. The van der Waals surface area contributed by atoms with Gasteiger partial charge in [-0.05, 0) is 12.1 Å². The predicted octanol–water partition coefficient (Wildman–Crippen LogP) is 0.991. The van der Waals surface area contributed by atoms with Crippen LogP contribution in [0, 0.1) is 0 Å². The van der Waals surface area contributed by atoms with Gasteiger partial charge < -0.3 is 16.3 Å². The lowest BCUT2D eigenvalue weighted by atomic mass is 10.3. The van der Waals surface area contributed by atoms with E-state index in [1.54, 1.807) is 12.1 Å². The zero-order chi connectivity index (χ0) is 14.5. The number of rotatable bonds is 5. The Labute approximate surface area is 120 Å². The van der Waals surface area contributed by atoms with Crippen LogP contribution in [-0.2, 0) is 11.2 Å². The summed E-state index contributed by atoms with van der Waals surface area (Å²) in [6.45, 7) is 1.93. The summed E-state index contributed by atoms with van der Waals surface area (Å²) in [5.74, 6) is 6.50. The summed E-state index contributed by atoms with van der Waals surface area (Å²) in [6.07, 6.45) is 0.680. The fourth-order valence-electron chi connectivity index (χ4n) is 1.56. The van der Waals surface area contributed by atoms with E-state index < -0.39 is 0 Å². The van der Waals surface area contributed by atoms with Gasteiger partial charge in [0.15, 0.2) is 5.82 Å². The van der Waals surface area contributed by atoms with Crippen molar-refractivity contribution in [3.05, 3.63) is 30.1 Å². The molecule has 7 nitrogen and oxygen atoms in total. The van der Waals surface area contributed by atoms with E-state index in [1.165, 1.54) is 28.6 Å². The van der Waals surface area contributed by atoms with E-state index in [-0.39, 0.29) is 17.4 Å². The standard InChI is InChI=1S/C12H15N5O2S/c1-2-10-15-16-12(17(10)13)20-7-11(19)14-8-4-3-5-9(18)6-8/h3-6,18H,2,7,13H2,1H3,(H,14,19). The van der Waals surface area contributed by atoms with Crippen LogP contribution in [0.25, 0.3) is 0 Å². The minimum Gasteiger partial charge on any atom is -0.508 e. The van der Waals surface area contributed by atoms with Crippen molar-refractivity contribution in [3.63, 3.8) is 0 Å². The number of phenols is 1. The van der Waals surface area contributed by atoms with Gasteiger partial charge in [-0.15, -0.1) is 10.2 Å². The molecule has 2 rings (SSSR count). The normalized spacial score (nSPS) is 10.4. The van der Waals surface area contributed by atoms with E-state index >= 15 is 0 Å². The van der Waals surface area contributed by atoms with Crippen LogP contribution in [0.5, 0.6) is 5.75 Å². The number of carbonyl (C=O) groups excluding carboxylic acids is 1. The molecule has 1 heterocycles. The summed E-state index contributed by atoms with van der Waals surface area (Å²) in [7, 11) is 0. The average Bonchev–Trinajstić information content (AvgIpc) is 2.77. The first-order valence-electron chi connectivity index (χ1n) is 6.01. The molecule has 4 N–H and O–H groups in total. The molecule has 2 aromatic rings. The number of hydrogen-bond donors (Lipinski definition) is 3. The number of nitrogens with one attached hydrogen (secondary N) is 1. The van der Waals surface area contributed by atoms with Crippen LogP contribution in [0.15, 0.2) is 29.4 Å². The number of aryl methyl sites for hydroxylation is 1. The molecular formula is C12H15N5O2S. The van der Waals surface area contributed by atoms with E-state index in [0.717, 1.165) is 0 Å². The van der Waals surface area contributed by atoms with E-state index in [9.17, 15) is 9.90 Å². The number of aromatic hydroxyl groups is 1. The topological polar surface area (TPSA) is 106 Å². The third-order valence-electron chi connectivity index (χ3n) is 2.51.